The molecule has 0 saturated heterocycles. The molecule has 0 aliphatic carbocycles. The topological polar surface area (TPSA) is 54.0 Å². The second-order valence-electron chi connectivity index (χ2n) is 4.01. The molecule has 0 bridgehead atoms. The Morgan fingerprint density at radius 3 is 2.52 bits per heavy atom. The van der Waals surface area contributed by atoms with E-state index in [-0.39, 0.29) is 12.5 Å². The standard InChI is InChI=1S/C12H7F3O5S/c1-17-10(16)9(12(13,14)15)11-20-7-2-5-6(19-4-18-5)3-8(7)21-11/h2-3H,4H2,1H3/b11-9-. The highest BCUT2D eigenvalue weighted by Gasteiger charge is 2.45. The van der Waals surface area contributed by atoms with E-state index in [0.717, 1.165) is 7.11 Å². The average molecular weight is 320 g/mol. The predicted molar refractivity (Wildman–Crippen MR) is 64.1 cm³/mol. The van der Waals surface area contributed by atoms with E-state index >= 15 is 0 Å². The largest absolute Gasteiger partial charge is 0.465 e. The molecule has 0 N–H and O–H groups in total. The number of ether oxygens (including phenoxy) is 4. The van der Waals surface area contributed by atoms with Crippen molar-refractivity contribution in [2.45, 2.75) is 11.1 Å². The first kappa shape index (κ1) is 13.9. The Bertz CT molecular complexity index is 618. The van der Waals surface area contributed by atoms with E-state index in [1.807, 2.05) is 0 Å². The Morgan fingerprint density at radius 1 is 1.24 bits per heavy atom. The number of esters is 1. The van der Waals surface area contributed by atoms with Crippen molar-refractivity contribution in [1.29, 1.82) is 0 Å². The van der Waals surface area contributed by atoms with Crippen LogP contribution >= 0.6 is 11.8 Å². The second-order valence-corrected chi connectivity index (χ2v) is 5.02. The molecule has 2 aliphatic heterocycles. The van der Waals surface area contributed by atoms with Crippen LogP contribution in [0.5, 0.6) is 17.2 Å². The molecule has 0 atom stereocenters. The number of halogens is 3. The predicted octanol–water partition coefficient (Wildman–Crippen LogP) is 2.85. The minimum absolute atomic E-state index is 0.0432. The maximum absolute atomic E-state index is 13.0. The van der Waals surface area contributed by atoms with E-state index in [2.05, 4.69) is 4.74 Å². The van der Waals surface area contributed by atoms with Crippen LogP contribution in [-0.4, -0.2) is 26.0 Å². The van der Waals surface area contributed by atoms with Gasteiger partial charge in [-0.05, 0) is 11.8 Å². The molecule has 0 unspecified atom stereocenters. The van der Waals surface area contributed by atoms with E-state index in [4.69, 9.17) is 14.2 Å². The number of benzene rings is 1. The summed E-state index contributed by atoms with van der Waals surface area (Å²) in [5.74, 6) is -0.539. The molecule has 5 nitrogen and oxygen atoms in total. The SMILES string of the molecule is COC(=O)/C(=C1\Oc2cc3c(cc2S1)OCO3)C(F)(F)F. The van der Waals surface area contributed by atoms with Crippen LogP contribution in [0.2, 0.25) is 0 Å². The van der Waals surface area contributed by atoms with Gasteiger partial charge in [0.05, 0.1) is 12.0 Å². The van der Waals surface area contributed by atoms with E-state index < -0.39 is 22.8 Å². The first-order valence-electron chi connectivity index (χ1n) is 5.59. The minimum Gasteiger partial charge on any atom is -0.465 e. The molecule has 1 aromatic rings. The fourth-order valence-electron chi connectivity index (χ4n) is 1.80. The molecule has 1 aromatic carbocycles. The van der Waals surface area contributed by atoms with Gasteiger partial charge in [0.15, 0.2) is 22.2 Å². The van der Waals surface area contributed by atoms with Crippen molar-refractivity contribution < 1.29 is 36.9 Å². The van der Waals surface area contributed by atoms with E-state index in [9.17, 15) is 18.0 Å². The fourth-order valence-corrected chi connectivity index (χ4v) is 2.80. The van der Waals surface area contributed by atoms with Crippen LogP contribution in [0.4, 0.5) is 13.2 Å². The third-order valence-corrected chi connectivity index (χ3v) is 3.73. The summed E-state index contributed by atoms with van der Waals surface area (Å²) in [5.41, 5.74) is -1.48. The van der Waals surface area contributed by atoms with Crippen molar-refractivity contribution in [2.24, 2.45) is 0 Å². The molecule has 0 saturated carbocycles. The summed E-state index contributed by atoms with van der Waals surface area (Å²) in [6.45, 7) is 0.0432. The smallest absolute Gasteiger partial charge is 0.427 e. The average Bonchev–Trinajstić information content (AvgIpc) is 2.98. The normalized spacial score (nSPS) is 18.1. The van der Waals surface area contributed by atoms with Crippen LogP contribution in [0.15, 0.2) is 27.7 Å². The van der Waals surface area contributed by atoms with Gasteiger partial charge in [0.25, 0.3) is 0 Å². The lowest BCUT2D eigenvalue weighted by Crippen LogP contribution is -2.23. The lowest BCUT2D eigenvalue weighted by atomic mass is 10.3. The molecule has 0 aromatic heterocycles. The molecular weight excluding hydrogens is 313 g/mol. The maximum atomic E-state index is 13.0. The summed E-state index contributed by atoms with van der Waals surface area (Å²) in [7, 11) is 0.873. The van der Waals surface area contributed by atoms with Crippen molar-refractivity contribution in [1.82, 2.24) is 0 Å². The zero-order valence-corrected chi connectivity index (χ0v) is 11.3. The molecule has 2 aliphatic rings. The lowest BCUT2D eigenvalue weighted by Gasteiger charge is -2.11. The summed E-state index contributed by atoms with van der Waals surface area (Å²) in [5, 5.41) is -0.576. The summed E-state index contributed by atoms with van der Waals surface area (Å²) in [6, 6.07) is 2.92. The number of hydrogen-bond donors (Lipinski definition) is 0. The van der Waals surface area contributed by atoms with Crippen molar-refractivity contribution in [3.8, 4) is 17.2 Å². The third kappa shape index (κ3) is 2.37. The molecule has 9 heteroatoms. The van der Waals surface area contributed by atoms with Crippen molar-refractivity contribution in [2.75, 3.05) is 13.9 Å². The molecule has 0 amide bonds. The monoisotopic (exact) mass is 320 g/mol. The molecular formula is C12H7F3O5S. The number of carbonyl (C=O) groups is 1. The van der Waals surface area contributed by atoms with Gasteiger partial charge in [-0.3, -0.25) is 0 Å². The van der Waals surface area contributed by atoms with Crippen LogP contribution in [0.25, 0.3) is 0 Å². The zero-order valence-electron chi connectivity index (χ0n) is 10.4. The lowest BCUT2D eigenvalue weighted by molar-refractivity contribution is -0.148. The van der Waals surface area contributed by atoms with Gasteiger partial charge in [0.1, 0.15) is 5.75 Å². The van der Waals surface area contributed by atoms with Gasteiger partial charge in [-0.25, -0.2) is 4.79 Å². The van der Waals surface area contributed by atoms with Gasteiger partial charge in [-0.1, -0.05) is 0 Å². The number of carbonyl (C=O) groups excluding carboxylic acids is 1. The van der Waals surface area contributed by atoms with Gasteiger partial charge >= 0.3 is 12.1 Å². The number of hydrogen-bond acceptors (Lipinski definition) is 6. The highest BCUT2D eigenvalue weighted by atomic mass is 32.2. The van der Waals surface area contributed by atoms with Gasteiger partial charge in [0.2, 0.25) is 6.79 Å². The maximum Gasteiger partial charge on any atom is 0.427 e. The Balaban J connectivity index is 2.02. The van der Waals surface area contributed by atoms with E-state index in [1.165, 1.54) is 12.1 Å². The van der Waals surface area contributed by atoms with Gasteiger partial charge in [-0.2, -0.15) is 13.2 Å². The highest BCUT2D eigenvalue weighted by molar-refractivity contribution is 8.03. The van der Waals surface area contributed by atoms with E-state index in [1.54, 1.807) is 0 Å². The number of fused-ring (bicyclic) bond motifs is 2. The third-order valence-electron chi connectivity index (χ3n) is 2.72. The first-order valence-corrected chi connectivity index (χ1v) is 6.41. The van der Waals surface area contributed by atoms with Gasteiger partial charge < -0.3 is 18.9 Å². The van der Waals surface area contributed by atoms with E-state index in [0.29, 0.717) is 28.2 Å². The Hall–Kier alpha value is -2.03. The second kappa shape index (κ2) is 4.76. The number of rotatable bonds is 1. The highest BCUT2D eigenvalue weighted by Crippen LogP contribution is 2.51. The first-order chi connectivity index (χ1) is 9.90. The molecule has 0 radical (unpaired) electrons. The van der Waals surface area contributed by atoms with Crippen LogP contribution in [0, 0.1) is 0 Å². The van der Waals surface area contributed by atoms with Crippen LogP contribution in [0.1, 0.15) is 0 Å². The van der Waals surface area contributed by atoms with Gasteiger partial charge in [-0.15, -0.1) is 0 Å². The molecule has 2 heterocycles. The van der Waals surface area contributed by atoms with Crippen LogP contribution in [-0.2, 0) is 9.53 Å². The summed E-state index contributed by atoms with van der Waals surface area (Å²) in [4.78, 5) is 11.8. The van der Waals surface area contributed by atoms with Gasteiger partial charge in [0, 0.05) is 12.1 Å². The molecule has 0 spiro atoms. The number of thioether (sulfide) groups is 1. The zero-order chi connectivity index (χ0) is 15.2. The van der Waals surface area contributed by atoms with Crippen LogP contribution < -0.4 is 14.2 Å². The van der Waals surface area contributed by atoms with Crippen molar-refractivity contribution >= 4 is 17.7 Å². The molecule has 21 heavy (non-hydrogen) atoms. The Labute approximate surface area is 120 Å². The van der Waals surface area contributed by atoms with Crippen molar-refractivity contribution in [3.63, 3.8) is 0 Å². The summed E-state index contributed by atoms with van der Waals surface area (Å²) < 4.78 is 58.4. The fraction of sp³-hybridized carbons (Fsp3) is 0.250. The quantitative estimate of drug-likeness (QED) is 0.586. The summed E-state index contributed by atoms with van der Waals surface area (Å²) in [6.07, 6.45) is -4.88. The molecule has 0 fully saturated rings. The minimum atomic E-state index is -4.88. The number of methoxy groups -OCH3 is 1. The molecule has 3 rings (SSSR count). The Morgan fingerprint density at radius 2 is 1.90 bits per heavy atom. The van der Waals surface area contributed by atoms with Crippen molar-refractivity contribution in [3.05, 3.63) is 22.8 Å². The number of alkyl halides is 3. The summed E-state index contributed by atoms with van der Waals surface area (Å²) >= 11 is 0.682. The molecule has 112 valence electrons. The Kier molecular flexibility index (Phi) is 3.16. The van der Waals surface area contributed by atoms with Crippen LogP contribution in [0.3, 0.4) is 0 Å².